The van der Waals surface area contributed by atoms with Gasteiger partial charge in [0.1, 0.15) is 11.6 Å². The van der Waals surface area contributed by atoms with E-state index >= 15 is 0 Å². The van der Waals surface area contributed by atoms with Gasteiger partial charge in [0, 0.05) is 11.4 Å². The lowest BCUT2D eigenvalue weighted by atomic mass is 10.2. The molecule has 0 aliphatic heterocycles. The van der Waals surface area contributed by atoms with Crippen LogP contribution < -0.4 is 4.74 Å². The van der Waals surface area contributed by atoms with Crippen LogP contribution in [0.3, 0.4) is 0 Å². The van der Waals surface area contributed by atoms with Gasteiger partial charge >= 0.3 is 0 Å². The highest BCUT2D eigenvalue weighted by Gasteiger charge is 2.14. The first-order valence-electron chi connectivity index (χ1n) is 5.49. The lowest BCUT2D eigenvalue weighted by Gasteiger charge is -2.11. The van der Waals surface area contributed by atoms with Gasteiger partial charge in [-0.2, -0.15) is 0 Å². The smallest absolute Gasteiger partial charge is 0.198 e. The molecule has 5 heteroatoms. The molecule has 0 aliphatic rings. The molecular weight excluding hydrogens is 321 g/mol. The Morgan fingerprint density at radius 2 is 1.68 bits per heavy atom. The van der Waals surface area contributed by atoms with Crippen LogP contribution >= 0.6 is 15.9 Å². The molecule has 0 heterocycles. The zero-order chi connectivity index (χ0) is 14.0. The maximum Gasteiger partial charge on any atom is 0.198 e. The molecule has 0 aliphatic carbocycles. The van der Waals surface area contributed by atoms with Gasteiger partial charge in [0.2, 0.25) is 0 Å². The van der Waals surface area contributed by atoms with E-state index in [-0.39, 0.29) is 5.75 Å². The number of alkyl halides is 1. The summed E-state index contributed by atoms with van der Waals surface area (Å²) in [5.41, 5.74) is 1.04. The van der Waals surface area contributed by atoms with Crippen molar-refractivity contribution in [3.05, 3.63) is 58.9 Å². The molecule has 100 valence electrons. The highest BCUT2D eigenvalue weighted by Crippen LogP contribution is 2.31. The average molecular weight is 331 g/mol. The van der Waals surface area contributed by atoms with Gasteiger partial charge in [0.15, 0.2) is 17.4 Å². The predicted molar refractivity (Wildman–Crippen MR) is 70.2 cm³/mol. The van der Waals surface area contributed by atoms with E-state index in [9.17, 15) is 13.2 Å². The SMILES string of the molecule is Cc1ccc(F)cc1Oc1c(F)cc(CBr)cc1F. The largest absolute Gasteiger partial charge is 0.451 e. The van der Waals surface area contributed by atoms with Crippen molar-refractivity contribution in [2.75, 3.05) is 0 Å². The van der Waals surface area contributed by atoms with Crippen LogP contribution in [-0.4, -0.2) is 0 Å². The van der Waals surface area contributed by atoms with Gasteiger partial charge < -0.3 is 4.74 Å². The van der Waals surface area contributed by atoms with Gasteiger partial charge in [-0.25, -0.2) is 13.2 Å². The molecule has 0 N–H and O–H groups in total. The van der Waals surface area contributed by atoms with E-state index < -0.39 is 23.2 Å². The van der Waals surface area contributed by atoms with Crippen LogP contribution in [0, 0.1) is 24.4 Å². The summed E-state index contributed by atoms with van der Waals surface area (Å²) >= 11 is 3.11. The normalized spacial score (nSPS) is 10.6. The lowest BCUT2D eigenvalue weighted by Crippen LogP contribution is -1.96. The summed E-state index contributed by atoms with van der Waals surface area (Å²) in [7, 11) is 0. The Morgan fingerprint density at radius 3 is 2.26 bits per heavy atom. The summed E-state index contributed by atoms with van der Waals surface area (Å²) in [6.45, 7) is 1.66. The highest BCUT2D eigenvalue weighted by molar-refractivity contribution is 9.08. The molecule has 2 aromatic carbocycles. The van der Waals surface area contributed by atoms with Gasteiger partial charge in [-0.3, -0.25) is 0 Å². The van der Waals surface area contributed by atoms with Crippen LogP contribution in [0.25, 0.3) is 0 Å². The average Bonchev–Trinajstić information content (AvgIpc) is 2.37. The number of ether oxygens (including phenoxy) is 1. The van der Waals surface area contributed by atoms with Crippen LogP contribution in [0.2, 0.25) is 0 Å². The third kappa shape index (κ3) is 3.10. The van der Waals surface area contributed by atoms with Crippen LogP contribution in [-0.2, 0) is 5.33 Å². The second-order valence-electron chi connectivity index (χ2n) is 4.03. The first kappa shape index (κ1) is 13.9. The molecule has 0 saturated heterocycles. The molecule has 0 saturated carbocycles. The van der Waals surface area contributed by atoms with Crippen molar-refractivity contribution in [3.8, 4) is 11.5 Å². The molecule has 0 bridgehead atoms. The number of hydrogen-bond donors (Lipinski definition) is 0. The van der Waals surface area contributed by atoms with Crippen molar-refractivity contribution >= 4 is 15.9 Å². The minimum atomic E-state index is -0.821. The molecule has 2 rings (SSSR count). The van der Waals surface area contributed by atoms with Gasteiger partial charge in [0.25, 0.3) is 0 Å². The Bertz CT molecular complexity index is 591. The van der Waals surface area contributed by atoms with E-state index in [0.29, 0.717) is 16.5 Å². The summed E-state index contributed by atoms with van der Waals surface area (Å²) in [5, 5.41) is 0.333. The van der Waals surface area contributed by atoms with Crippen molar-refractivity contribution in [3.63, 3.8) is 0 Å². The molecular formula is C14H10BrF3O. The molecule has 0 radical (unpaired) electrons. The van der Waals surface area contributed by atoms with Gasteiger partial charge in [0.05, 0.1) is 0 Å². The van der Waals surface area contributed by atoms with E-state index in [1.165, 1.54) is 24.3 Å². The fourth-order valence-electron chi connectivity index (χ4n) is 1.58. The standard InChI is InChI=1S/C14H10BrF3O/c1-8-2-3-10(16)6-13(8)19-14-11(17)4-9(7-15)5-12(14)18/h2-6H,7H2,1H3. The van der Waals surface area contributed by atoms with Crippen molar-refractivity contribution in [2.24, 2.45) is 0 Å². The maximum atomic E-state index is 13.7. The molecule has 2 aromatic rings. The minimum Gasteiger partial charge on any atom is -0.451 e. The van der Waals surface area contributed by atoms with E-state index in [2.05, 4.69) is 15.9 Å². The molecule has 0 unspecified atom stereocenters. The topological polar surface area (TPSA) is 9.23 Å². The Morgan fingerprint density at radius 1 is 1.05 bits per heavy atom. The summed E-state index contributed by atoms with van der Waals surface area (Å²) < 4.78 is 45.7. The minimum absolute atomic E-state index is 0.0874. The number of rotatable bonds is 3. The van der Waals surface area contributed by atoms with Crippen molar-refractivity contribution in [1.82, 2.24) is 0 Å². The monoisotopic (exact) mass is 330 g/mol. The number of benzene rings is 2. The number of halogens is 4. The Balaban J connectivity index is 2.41. The van der Waals surface area contributed by atoms with E-state index in [4.69, 9.17) is 4.74 Å². The fraction of sp³-hybridized carbons (Fsp3) is 0.143. The first-order valence-corrected chi connectivity index (χ1v) is 6.61. The molecule has 19 heavy (non-hydrogen) atoms. The summed E-state index contributed by atoms with van der Waals surface area (Å²) in [6, 6.07) is 6.16. The summed E-state index contributed by atoms with van der Waals surface area (Å²) in [6.07, 6.45) is 0. The molecule has 0 fully saturated rings. The van der Waals surface area contributed by atoms with E-state index in [1.807, 2.05) is 0 Å². The van der Waals surface area contributed by atoms with Gasteiger partial charge in [-0.05, 0) is 36.2 Å². The number of hydrogen-bond acceptors (Lipinski definition) is 1. The van der Waals surface area contributed by atoms with Crippen LogP contribution in [0.4, 0.5) is 13.2 Å². The van der Waals surface area contributed by atoms with Crippen LogP contribution in [0.15, 0.2) is 30.3 Å². The second-order valence-corrected chi connectivity index (χ2v) is 4.59. The van der Waals surface area contributed by atoms with E-state index in [1.54, 1.807) is 6.92 Å². The van der Waals surface area contributed by atoms with Crippen molar-refractivity contribution < 1.29 is 17.9 Å². The molecule has 0 atom stereocenters. The third-order valence-corrected chi connectivity index (χ3v) is 3.22. The molecule has 0 amide bonds. The lowest BCUT2D eigenvalue weighted by molar-refractivity contribution is 0.402. The molecule has 0 aromatic heterocycles. The Hall–Kier alpha value is -1.49. The first-order chi connectivity index (χ1) is 9.01. The fourth-order valence-corrected chi connectivity index (χ4v) is 1.90. The predicted octanol–water partition coefficient (Wildman–Crippen LogP) is 5.10. The van der Waals surface area contributed by atoms with E-state index in [0.717, 1.165) is 6.07 Å². The van der Waals surface area contributed by atoms with Crippen molar-refractivity contribution in [2.45, 2.75) is 12.3 Å². The second kappa shape index (κ2) is 5.65. The zero-order valence-electron chi connectivity index (χ0n) is 10.0. The maximum absolute atomic E-state index is 13.7. The van der Waals surface area contributed by atoms with Crippen molar-refractivity contribution in [1.29, 1.82) is 0 Å². The molecule has 0 spiro atoms. The summed E-state index contributed by atoms with van der Waals surface area (Å²) in [5.74, 6) is -2.61. The number of aryl methyl sites for hydroxylation is 1. The van der Waals surface area contributed by atoms with Gasteiger partial charge in [-0.15, -0.1) is 0 Å². The highest BCUT2D eigenvalue weighted by atomic mass is 79.9. The molecule has 1 nitrogen and oxygen atoms in total. The Kier molecular flexibility index (Phi) is 4.14. The zero-order valence-corrected chi connectivity index (χ0v) is 11.6. The summed E-state index contributed by atoms with van der Waals surface area (Å²) in [4.78, 5) is 0. The third-order valence-electron chi connectivity index (χ3n) is 2.57. The van der Waals surface area contributed by atoms with Crippen LogP contribution in [0.5, 0.6) is 11.5 Å². The Labute approximate surface area is 117 Å². The van der Waals surface area contributed by atoms with Crippen LogP contribution in [0.1, 0.15) is 11.1 Å². The quantitative estimate of drug-likeness (QED) is 0.711. The van der Waals surface area contributed by atoms with Gasteiger partial charge in [-0.1, -0.05) is 22.0 Å².